The first kappa shape index (κ1) is 22.7. The molecule has 0 saturated carbocycles. The van der Waals surface area contributed by atoms with Crippen LogP contribution >= 0.6 is 0 Å². The molecule has 0 amide bonds. The summed E-state index contributed by atoms with van der Waals surface area (Å²) in [5.41, 5.74) is 3.73. The van der Waals surface area contributed by atoms with Crippen molar-refractivity contribution in [1.82, 2.24) is 15.2 Å². The number of anilines is 1. The number of hydrogen-bond acceptors (Lipinski definition) is 7. The summed E-state index contributed by atoms with van der Waals surface area (Å²) in [6.07, 6.45) is 3.01. The van der Waals surface area contributed by atoms with E-state index in [4.69, 9.17) is 4.42 Å². The molecule has 4 aromatic rings. The molecule has 2 aromatic heterocycles. The minimum Gasteiger partial charge on any atom is -0.423 e. The third kappa shape index (κ3) is 5.49. The highest BCUT2D eigenvalue weighted by molar-refractivity contribution is 7.92. The van der Waals surface area contributed by atoms with Gasteiger partial charge in [-0.05, 0) is 31.5 Å². The maximum absolute atomic E-state index is 13.0. The molecule has 4 rings (SSSR count). The maximum Gasteiger partial charge on any atom is 0.241 e. The maximum atomic E-state index is 13.0. The van der Waals surface area contributed by atoms with Crippen molar-refractivity contribution < 1.29 is 21.3 Å². The topological polar surface area (TPSA) is 135 Å². The van der Waals surface area contributed by atoms with Gasteiger partial charge >= 0.3 is 0 Å². The fourth-order valence-electron chi connectivity index (χ4n) is 3.21. The number of sulfonamides is 1. The van der Waals surface area contributed by atoms with Crippen LogP contribution in [0.3, 0.4) is 0 Å². The number of benzene rings is 2. The van der Waals surface area contributed by atoms with Crippen molar-refractivity contribution in [1.29, 1.82) is 0 Å². The molecule has 0 fully saturated rings. The van der Waals surface area contributed by atoms with E-state index in [1.807, 2.05) is 38.1 Å². The van der Waals surface area contributed by atoms with Gasteiger partial charge in [-0.3, -0.25) is 4.72 Å². The Hall–Kier alpha value is -3.44. The zero-order chi connectivity index (χ0) is 23.6. The zero-order valence-electron chi connectivity index (χ0n) is 17.9. The molecule has 0 aliphatic rings. The number of aromatic nitrogens is 3. The van der Waals surface area contributed by atoms with Crippen molar-refractivity contribution in [2.45, 2.75) is 30.2 Å². The molecule has 2 N–H and O–H groups in total. The summed E-state index contributed by atoms with van der Waals surface area (Å²) in [5.74, 6) is -1.52. The van der Waals surface area contributed by atoms with Crippen molar-refractivity contribution in [3.8, 4) is 11.1 Å². The number of H-pyrrole nitrogens is 1. The van der Waals surface area contributed by atoms with Gasteiger partial charge in [0.15, 0.2) is 9.84 Å². The minimum absolute atomic E-state index is 0.0970. The van der Waals surface area contributed by atoms with E-state index in [9.17, 15) is 16.8 Å². The van der Waals surface area contributed by atoms with Crippen LogP contribution in [0.4, 0.5) is 5.69 Å². The highest BCUT2D eigenvalue weighted by Crippen LogP contribution is 2.29. The largest absolute Gasteiger partial charge is 0.423 e. The zero-order valence-corrected chi connectivity index (χ0v) is 19.6. The highest BCUT2D eigenvalue weighted by Gasteiger charge is 2.25. The summed E-state index contributed by atoms with van der Waals surface area (Å²) in [6, 6.07) is 14.3. The normalized spacial score (nSPS) is 12.1. The molecular formula is C22H22N4O5S2. The molecule has 0 aliphatic heterocycles. The average molecular weight is 487 g/mol. The molecule has 172 valence electrons. The second kappa shape index (κ2) is 8.83. The van der Waals surface area contributed by atoms with Gasteiger partial charge in [0.05, 0.1) is 4.90 Å². The van der Waals surface area contributed by atoms with Crippen LogP contribution in [0.15, 0.2) is 70.2 Å². The van der Waals surface area contributed by atoms with Gasteiger partial charge in [0.2, 0.25) is 21.8 Å². The summed E-state index contributed by atoms with van der Waals surface area (Å²) in [6.45, 7) is 3.84. The molecule has 2 aromatic carbocycles. The second-order valence-electron chi connectivity index (χ2n) is 7.68. The molecule has 0 aliphatic carbocycles. The fourth-order valence-corrected chi connectivity index (χ4v) is 5.58. The van der Waals surface area contributed by atoms with Crippen molar-refractivity contribution >= 4 is 25.5 Å². The van der Waals surface area contributed by atoms with Crippen molar-refractivity contribution in [3.05, 3.63) is 83.8 Å². The smallest absolute Gasteiger partial charge is 0.241 e. The van der Waals surface area contributed by atoms with Crippen molar-refractivity contribution in [3.63, 3.8) is 0 Å². The number of sulfone groups is 1. The van der Waals surface area contributed by atoms with Crippen LogP contribution in [0.2, 0.25) is 0 Å². The molecule has 0 atom stereocenters. The van der Waals surface area contributed by atoms with E-state index in [0.717, 1.165) is 16.7 Å². The van der Waals surface area contributed by atoms with Gasteiger partial charge in [-0.2, -0.15) is 0 Å². The van der Waals surface area contributed by atoms with Crippen molar-refractivity contribution in [2.75, 3.05) is 4.72 Å². The Balaban J connectivity index is 1.49. The van der Waals surface area contributed by atoms with Crippen LogP contribution in [0.25, 0.3) is 11.1 Å². The van der Waals surface area contributed by atoms with E-state index in [0.29, 0.717) is 11.3 Å². The summed E-state index contributed by atoms with van der Waals surface area (Å²) in [7, 11) is -7.66. The summed E-state index contributed by atoms with van der Waals surface area (Å²) < 4.78 is 58.6. The van der Waals surface area contributed by atoms with E-state index in [1.54, 1.807) is 30.5 Å². The van der Waals surface area contributed by atoms with Gasteiger partial charge in [-0.25, -0.2) is 16.8 Å². The van der Waals surface area contributed by atoms with Gasteiger partial charge in [0, 0.05) is 23.6 Å². The predicted octanol–water partition coefficient (Wildman–Crippen LogP) is 3.60. The lowest BCUT2D eigenvalue weighted by atomic mass is 10.1. The molecular weight excluding hydrogens is 464 g/mol. The van der Waals surface area contributed by atoms with Crippen LogP contribution in [0, 0.1) is 13.8 Å². The highest BCUT2D eigenvalue weighted by atomic mass is 32.2. The molecule has 2 heterocycles. The number of hydrogen-bond donors (Lipinski definition) is 2. The Morgan fingerprint density at radius 3 is 2.03 bits per heavy atom. The van der Waals surface area contributed by atoms with Gasteiger partial charge in [-0.15, -0.1) is 10.2 Å². The molecule has 0 spiro atoms. The van der Waals surface area contributed by atoms with Crippen LogP contribution in [0.1, 0.15) is 22.9 Å². The first-order chi connectivity index (χ1) is 15.6. The van der Waals surface area contributed by atoms with E-state index in [-0.39, 0.29) is 16.7 Å². The Bertz CT molecular complexity index is 1470. The molecule has 11 heteroatoms. The molecule has 33 heavy (non-hydrogen) atoms. The molecule has 0 unspecified atom stereocenters. The minimum atomic E-state index is -3.83. The third-order valence-corrected chi connectivity index (χ3v) is 7.67. The number of aryl methyl sites for hydroxylation is 2. The monoisotopic (exact) mass is 486 g/mol. The van der Waals surface area contributed by atoms with Gasteiger partial charge < -0.3 is 9.40 Å². The fraction of sp³-hybridized carbons (Fsp3) is 0.182. The van der Waals surface area contributed by atoms with Gasteiger partial charge in [-0.1, -0.05) is 47.5 Å². The molecule has 0 bridgehead atoms. The van der Waals surface area contributed by atoms with E-state index >= 15 is 0 Å². The Morgan fingerprint density at radius 1 is 0.818 bits per heavy atom. The molecule has 0 saturated heterocycles. The van der Waals surface area contributed by atoms with E-state index in [2.05, 4.69) is 19.9 Å². The van der Waals surface area contributed by atoms with E-state index in [1.165, 1.54) is 6.20 Å². The SMILES string of the molecule is Cc1ccc(NS(=O)(=O)Cc2nnc(CS(=O)(=O)c3c[nH]cc3-c3ccc(C)cc3)o2)cc1. The number of aromatic amines is 1. The van der Waals surface area contributed by atoms with Crippen LogP contribution < -0.4 is 4.72 Å². The first-order valence-corrected chi connectivity index (χ1v) is 13.3. The Morgan fingerprint density at radius 2 is 1.39 bits per heavy atom. The van der Waals surface area contributed by atoms with E-state index < -0.39 is 31.4 Å². The van der Waals surface area contributed by atoms with Gasteiger partial charge in [0.25, 0.3) is 0 Å². The standard InChI is InChI=1S/C22H22N4O5S2/c1-15-3-7-17(8-4-15)19-11-23-12-20(19)32(27,28)13-21-24-25-22(31-21)14-33(29,30)26-18-9-5-16(2)6-10-18/h3-12,23,26H,13-14H2,1-2H3. The van der Waals surface area contributed by atoms with Gasteiger partial charge in [0.1, 0.15) is 11.5 Å². The van der Waals surface area contributed by atoms with Crippen LogP contribution in [-0.2, 0) is 31.4 Å². The Labute approximate surface area is 191 Å². The number of rotatable bonds is 8. The third-order valence-electron chi connectivity index (χ3n) is 4.87. The predicted molar refractivity (Wildman–Crippen MR) is 124 cm³/mol. The lowest BCUT2D eigenvalue weighted by Crippen LogP contribution is -2.15. The quantitative estimate of drug-likeness (QED) is 0.388. The average Bonchev–Trinajstić information content (AvgIpc) is 3.40. The number of nitrogens with zero attached hydrogens (tertiary/aromatic N) is 2. The summed E-state index contributed by atoms with van der Waals surface area (Å²) in [4.78, 5) is 2.93. The van der Waals surface area contributed by atoms with Crippen LogP contribution in [0.5, 0.6) is 0 Å². The lowest BCUT2D eigenvalue weighted by molar-refractivity contribution is 0.472. The summed E-state index contributed by atoms with van der Waals surface area (Å²) in [5, 5.41) is 7.43. The first-order valence-electron chi connectivity index (χ1n) is 9.96. The molecule has 0 radical (unpaired) electrons. The lowest BCUT2D eigenvalue weighted by Gasteiger charge is -2.06. The summed E-state index contributed by atoms with van der Waals surface area (Å²) >= 11 is 0. The second-order valence-corrected chi connectivity index (χ2v) is 11.4. The van der Waals surface area contributed by atoms with Crippen LogP contribution in [-0.4, -0.2) is 32.0 Å². The number of nitrogens with one attached hydrogen (secondary N) is 2. The Kier molecular flexibility index (Phi) is 6.09. The van der Waals surface area contributed by atoms with Crippen molar-refractivity contribution in [2.24, 2.45) is 0 Å². The molecule has 9 nitrogen and oxygen atoms in total.